The van der Waals surface area contributed by atoms with E-state index in [0.717, 1.165) is 41.6 Å². The average molecular weight is 449 g/mol. The van der Waals surface area contributed by atoms with Gasteiger partial charge < -0.3 is 14.1 Å². The Labute approximate surface area is 189 Å². The van der Waals surface area contributed by atoms with Gasteiger partial charge in [-0.05, 0) is 49.2 Å². The molecule has 0 amide bonds. The molecule has 0 unspecified atom stereocenters. The maximum absolute atomic E-state index is 12.0. The molecular formula is C24H24N4O3S. The number of phenols is 1. The minimum Gasteiger partial charge on any atom is -0.508 e. The van der Waals surface area contributed by atoms with E-state index >= 15 is 0 Å². The van der Waals surface area contributed by atoms with E-state index < -0.39 is 5.63 Å². The van der Waals surface area contributed by atoms with Crippen LogP contribution in [0, 0.1) is 0 Å². The van der Waals surface area contributed by atoms with Gasteiger partial charge >= 0.3 is 5.63 Å². The molecule has 2 aromatic heterocycles. The zero-order valence-corrected chi connectivity index (χ0v) is 18.4. The highest BCUT2D eigenvalue weighted by Crippen LogP contribution is 2.28. The Hall–Kier alpha value is -3.10. The number of aromatic nitrogens is 3. The fourth-order valence-electron chi connectivity index (χ4n) is 4.09. The predicted octanol–water partition coefficient (Wildman–Crippen LogP) is 4.03. The van der Waals surface area contributed by atoms with Gasteiger partial charge in [0, 0.05) is 23.3 Å². The number of benzene rings is 2. The minimum atomic E-state index is -0.431. The first-order valence-electron chi connectivity index (χ1n) is 10.7. The summed E-state index contributed by atoms with van der Waals surface area (Å²) in [5.41, 5.74) is 1.99. The standard InChI is InChI=1S/C24H24N4O3S/c29-19-8-9-20-18(12-23(30)31-21(20)13-19)16-32-24-26-25-22(15-27-10-4-5-11-27)28(24)14-17-6-2-1-3-7-17/h1-3,6-9,12-13,29H,4-5,10-11,14-16H2. The summed E-state index contributed by atoms with van der Waals surface area (Å²) in [6.45, 7) is 3.68. The monoisotopic (exact) mass is 448 g/mol. The van der Waals surface area contributed by atoms with Gasteiger partial charge in [0.05, 0.1) is 13.1 Å². The fourth-order valence-corrected chi connectivity index (χ4v) is 5.04. The van der Waals surface area contributed by atoms with E-state index in [1.807, 2.05) is 18.2 Å². The molecule has 0 saturated carbocycles. The maximum atomic E-state index is 12.0. The van der Waals surface area contributed by atoms with E-state index in [0.29, 0.717) is 17.9 Å². The van der Waals surface area contributed by atoms with Crippen molar-refractivity contribution in [3.63, 3.8) is 0 Å². The third-order valence-corrected chi connectivity index (χ3v) is 6.73. The van der Waals surface area contributed by atoms with E-state index in [2.05, 4.69) is 31.8 Å². The zero-order valence-electron chi connectivity index (χ0n) is 17.6. The quantitative estimate of drug-likeness (QED) is 0.338. The van der Waals surface area contributed by atoms with Crippen LogP contribution < -0.4 is 5.63 Å². The number of aromatic hydroxyl groups is 1. The van der Waals surface area contributed by atoms with Crippen molar-refractivity contribution in [2.75, 3.05) is 13.1 Å². The lowest BCUT2D eigenvalue weighted by molar-refractivity contribution is 0.316. The van der Waals surface area contributed by atoms with E-state index in [-0.39, 0.29) is 5.75 Å². The highest BCUT2D eigenvalue weighted by Gasteiger charge is 2.19. The van der Waals surface area contributed by atoms with Crippen molar-refractivity contribution < 1.29 is 9.52 Å². The molecule has 1 aliphatic heterocycles. The molecule has 1 saturated heterocycles. The van der Waals surface area contributed by atoms with Crippen molar-refractivity contribution in [3.05, 3.63) is 82.0 Å². The Bertz CT molecular complexity index is 1280. The molecule has 0 atom stereocenters. The zero-order chi connectivity index (χ0) is 21.9. The van der Waals surface area contributed by atoms with Crippen molar-refractivity contribution in [1.29, 1.82) is 0 Å². The SMILES string of the molecule is O=c1cc(CSc2nnc(CN3CCCC3)n2Cc2ccccc2)c2ccc(O)cc2o1. The molecule has 164 valence electrons. The normalized spacial score (nSPS) is 14.4. The highest BCUT2D eigenvalue weighted by molar-refractivity contribution is 7.98. The van der Waals surface area contributed by atoms with Crippen molar-refractivity contribution in [2.24, 2.45) is 0 Å². The fraction of sp³-hybridized carbons (Fsp3) is 0.292. The molecule has 5 rings (SSSR count). The third-order valence-electron chi connectivity index (χ3n) is 5.71. The first-order valence-corrected chi connectivity index (χ1v) is 11.7. The Kier molecular flexibility index (Phi) is 5.96. The number of nitrogens with zero attached hydrogens (tertiary/aromatic N) is 4. The summed E-state index contributed by atoms with van der Waals surface area (Å²) in [6.07, 6.45) is 2.46. The molecule has 3 heterocycles. The highest BCUT2D eigenvalue weighted by atomic mass is 32.2. The van der Waals surface area contributed by atoms with Crippen LogP contribution >= 0.6 is 11.8 Å². The lowest BCUT2D eigenvalue weighted by Gasteiger charge is -2.16. The lowest BCUT2D eigenvalue weighted by atomic mass is 10.1. The molecular weight excluding hydrogens is 424 g/mol. The van der Waals surface area contributed by atoms with E-state index in [1.165, 1.54) is 30.5 Å². The second-order valence-corrected chi connectivity index (χ2v) is 8.96. The summed E-state index contributed by atoms with van der Waals surface area (Å²) >= 11 is 1.55. The molecule has 1 aliphatic rings. The van der Waals surface area contributed by atoms with E-state index in [4.69, 9.17) is 4.42 Å². The minimum absolute atomic E-state index is 0.0691. The Morgan fingerprint density at radius 3 is 2.62 bits per heavy atom. The predicted molar refractivity (Wildman–Crippen MR) is 124 cm³/mol. The summed E-state index contributed by atoms with van der Waals surface area (Å²) in [7, 11) is 0. The second-order valence-electron chi connectivity index (χ2n) is 8.01. The van der Waals surface area contributed by atoms with Crippen LogP contribution in [-0.2, 0) is 18.8 Å². The van der Waals surface area contributed by atoms with Gasteiger partial charge in [0.2, 0.25) is 0 Å². The molecule has 0 aliphatic carbocycles. The number of rotatable bonds is 7. The summed E-state index contributed by atoms with van der Waals surface area (Å²) in [5.74, 6) is 1.57. The van der Waals surface area contributed by atoms with Crippen molar-refractivity contribution >= 4 is 22.7 Å². The molecule has 7 nitrogen and oxygen atoms in total. The number of thioether (sulfide) groups is 1. The third kappa shape index (κ3) is 4.56. The van der Waals surface area contributed by atoms with Gasteiger partial charge in [0.25, 0.3) is 0 Å². The smallest absolute Gasteiger partial charge is 0.336 e. The molecule has 1 N–H and O–H groups in total. The molecule has 0 spiro atoms. The van der Waals surface area contributed by atoms with Crippen LogP contribution in [0.15, 0.2) is 69.0 Å². The number of hydrogen-bond donors (Lipinski definition) is 1. The van der Waals surface area contributed by atoms with Crippen molar-refractivity contribution in [3.8, 4) is 5.75 Å². The Morgan fingerprint density at radius 1 is 1.00 bits per heavy atom. The summed E-state index contributed by atoms with van der Waals surface area (Å²) in [4.78, 5) is 14.5. The topological polar surface area (TPSA) is 84.4 Å². The summed E-state index contributed by atoms with van der Waals surface area (Å²) in [6, 6.07) is 16.7. The molecule has 4 aromatic rings. The number of phenolic OH excluding ortho intramolecular Hbond substituents is 1. The van der Waals surface area contributed by atoms with Crippen LogP contribution in [0.4, 0.5) is 0 Å². The van der Waals surface area contributed by atoms with E-state index in [9.17, 15) is 9.90 Å². The number of hydrogen-bond acceptors (Lipinski definition) is 7. The number of fused-ring (bicyclic) bond motifs is 1. The van der Waals surface area contributed by atoms with Crippen molar-refractivity contribution in [2.45, 2.75) is 36.8 Å². The first kappa shape index (κ1) is 20.8. The molecule has 0 radical (unpaired) electrons. The van der Waals surface area contributed by atoms with Gasteiger partial charge in [-0.1, -0.05) is 42.1 Å². The molecule has 0 bridgehead atoms. The average Bonchev–Trinajstić information content (AvgIpc) is 3.43. The van der Waals surface area contributed by atoms with Crippen molar-refractivity contribution in [1.82, 2.24) is 19.7 Å². The van der Waals surface area contributed by atoms with Crippen LogP contribution in [0.3, 0.4) is 0 Å². The summed E-state index contributed by atoms with van der Waals surface area (Å²) < 4.78 is 7.43. The maximum Gasteiger partial charge on any atom is 0.336 e. The molecule has 32 heavy (non-hydrogen) atoms. The van der Waals surface area contributed by atoms with Gasteiger partial charge in [-0.25, -0.2) is 4.79 Å². The van der Waals surface area contributed by atoms with Crippen LogP contribution in [0.1, 0.15) is 29.8 Å². The van der Waals surface area contributed by atoms with Gasteiger partial charge in [-0.15, -0.1) is 10.2 Å². The van der Waals surface area contributed by atoms with Gasteiger partial charge in [0.15, 0.2) is 5.16 Å². The van der Waals surface area contributed by atoms with Crippen LogP contribution in [0.5, 0.6) is 5.75 Å². The Balaban J connectivity index is 1.43. The van der Waals surface area contributed by atoms with Gasteiger partial charge in [-0.3, -0.25) is 4.90 Å². The molecule has 2 aromatic carbocycles. The largest absolute Gasteiger partial charge is 0.508 e. The second kappa shape index (κ2) is 9.18. The van der Waals surface area contributed by atoms with Gasteiger partial charge in [-0.2, -0.15) is 0 Å². The lowest BCUT2D eigenvalue weighted by Crippen LogP contribution is -2.21. The first-order chi connectivity index (χ1) is 15.7. The van der Waals surface area contributed by atoms with Crippen LogP contribution in [0.2, 0.25) is 0 Å². The Morgan fingerprint density at radius 2 is 1.81 bits per heavy atom. The summed E-state index contributed by atoms with van der Waals surface area (Å²) in [5, 5.41) is 20.4. The van der Waals surface area contributed by atoms with E-state index in [1.54, 1.807) is 23.9 Å². The van der Waals surface area contributed by atoms with Crippen LogP contribution in [-0.4, -0.2) is 37.9 Å². The number of likely N-dealkylation sites (tertiary alicyclic amines) is 1. The molecule has 8 heteroatoms. The molecule has 1 fully saturated rings. The van der Waals surface area contributed by atoms with Crippen LogP contribution in [0.25, 0.3) is 11.0 Å². The van der Waals surface area contributed by atoms with Gasteiger partial charge in [0.1, 0.15) is 17.2 Å².